The molecule has 0 aliphatic rings. The summed E-state index contributed by atoms with van der Waals surface area (Å²) >= 11 is 3.00. The highest BCUT2D eigenvalue weighted by molar-refractivity contribution is 7.98. The number of non-ortho nitro benzene ring substituents is 1. The maximum atomic E-state index is 13.5. The van der Waals surface area contributed by atoms with Crippen molar-refractivity contribution in [1.82, 2.24) is 4.57 Å². The molecule has 0 aliphatic heterocycles. The van der Waals surface area contributed by atoms with Crippen LogP contribution in [-0.4, -0.2) is 27.4 Å². The van der Waals surface area contributed by atoms with Gasteiger partial charge in [-0.3, -0.25) is 14.9 Å². The molecule has 4 aromatic rings. The lowest BCUT2D eigenvalue weighted by molar-refractivity contribution is -0.384. The number of fused-ring (bicyclic) bond motifs is 1. The second kappa shape index (κ2) is 9.93. The molecule has 1 aromatic heterocycles. The molecule has 0 unspecified atom stereocenters. The molecular formula is C24H21N3O3S2. The highest BCUT2D eigenvalue weighted by atomic mass is 32.2. The second-order valence-electron chi connectivity index (χ2n) is 7.14. The van der Waals surface area contributed by atoms with Crippen LogP contribution in [0.15, 0.2) is 83.9 Å². The Balaban J connectivity index is 1.85. The first kappa shape index (κ1) is 22.0. The monoisotopic (exact) mass is 463 g/mol. The minimum atomic E-state index is -0.522. The molecule has 0 saturated heterocycles. The minimum Gasteiger partial charge on any atom is -0.316 e. The summed E-state index contributed by atoms with van der Waals surface area (Å²) in [4.78, 5) is 29.4. The van der Waals surface area contributed by atoms with Gasteiger partial charge in [0.05, 0.1) is 21.1 Å². The smallest absolute Gasteiger partial charge is 0.270 e. The molecule has 6 nitrogen and oxygen atoms in total. The van der Waals surface area contributed by atoms with E-state index in [1.807, 2.05) is 71.5 Å². The van der Waals surface area contributed by atoms with Crippen LogP contribution >= 0.6 is 23.1 Å². The molecule has 1 amide bonds. The lowest BCUT2D eigenvalue weighted by atomic mass is 9.91. The lowest BCUT2D eigenvalue weighted by Gasteiger charge is -2.14. The quantitative estimate of drug-likeness (QED) is 0.278. The Kier molecular flexibility index (Phi) is 6.82. The topological polar surface area (TPSA) is 77.5 Å². The first-order chi connectivity index (χ1) is 15.6. The maximum absolute atomic E-state index is 13.5. The third-order valence-electron chi connectivity index (χ3n) is 5.11. The van der Waals surface area contributed by atoms with Crippen LogP contribution in [-0.2, 0) is 11.3 Å². The number of thiazole rings is 1. The summed E-state index contributed by atoms with van der Waals surface area (Å²) in [5, 5.41) is 11.2. The van der Waals surface area contributed by atoms with Crippen LogP contribution in [0.25, 0.3) is 10.2 Å². The molecule has 0 N–H and O–H groups in total. The first-order valence-corrected chi connectivity index (χ1v) is 12.2. The van der Waals surface area contributed by atoms with Crippen molar-refractivity contribution in [3.63, 3.8) is 0 Å². The van der Waals surface area contributed by atoms with E-state index in [0.717, 1.165) is 27.1 Å². The van der Waals surface area contributed by atoms with E-state index >= 15 is 0 Å². The number of aromatic nitrogens is 1. The van der Waals surface area contributed by atoms with Gasteiger partial charge in [0.15, 0.2) is 4.80 Å². The molecule has 1 heterocycles. The molecule has 0 radical (unpaired) electrons. The van der Waals surface area contributed by atoms with Gasteiger partial charge in [0.25, 0.3) is 11.6 Å². The van der Waals surface area contributed by atoms with E-state index in [9.17, 15) is 14.9 Å². The van der Waals surface area contributed by atoms with E-state index in [0.29, 0.717) is 11.3 Å². The van der Waals surface area contributed by atoms with Gasteiger partial charge in [0, 0.05) is 24.4 Å². The van der Waals surface area contributed by atoms with E-state index < -0.39 is 10.8 Å². The Morgan fingerprint density at radius 1 is 1.06 bits per heavy atom. The van der Waals surface area contributed by atoms with E-state index in [1.165, 1.54) is 17.4 Å². The Morgan fingerprint density at radius 2 is 1.69 bits per heavy atom. The van der Waals surface area contributed by atoms with Crippen molar-refractivity contribution in [3.8, 4) is 0 Å². The number of carbonyl (C=O) groups is 1. The highest BCUT2D eigenvalue weighted by Gasteiger charge is 2.23. The van der Waals surface area contributed by atoms with Gasteiger partial charge in [-0.05, 0) is 23.4 Å². The van der Waals surface area contributed by atoms with Crippen molar-refractivity contribution < 1.29 is 9.72 Å². The maximum Gasteiger partial charge on any atom is 0.270 e. The zero-order valence-corrected chi connectivity index (χ0v) is 19.0. The fraction of sp³-hybridized carbons (Fsp3) is 0.167. The second-order valence-corrected chi connectivity index (χ2v) is 9.14. The summed E-state index contributed by atoms with van der Waals surface area (Å²) in [6, 6.07) is 24.0. The van der Waals surface area contributed by atoms with Crippen LogP contribution < -0.4 is 4.80 Å². The fourth-order valence-corrected chi connectivity index (χ4v) is 5.05. The Morgan fingerprint density at radius 3 is 2.25 bits per heavy atom. The van der Waals surface area contributed by atoms with Gasteiger partial charge >= 0.3 is 0 Å². The average Bonchev–Trinajstić information content (AvgIpc) is 3.15. The first-order valence-electron chi connectivity index (χ1n) is 10.0. The molecule has 8 heteroatoms. The van der Waals surface area contributed by atoms with Gasteiger partial charge in [-0.2, -0.15) is 16.8 Å². The number of rotatable bonds is 7. The van der Waals surface area contributed by atoms with Gasteiger partial charge in [-0.25, -0.2) is 0 Å². The summed E-state index contributed by atoms with van der Waals surface area (Å²) < 4.78 is 2.72. The number of benzene rings is 3. The van der Waals surface area contributed by atoms with Gasteiger partial charge in [-0.1, -0.05) is 72.0 Å². The highest BCUT2D eigenvalue weighted by Crippen LogP contribution is 2.27. The van der Waals surface area contributed by atoms with Crippen molar-refractivity contribution in [3.05, 3.63) is 105 Å². The SMILES string of the molecule is CSCCn1c(=NC(=O)C(c2ccccc2)c2ccccc2)sc2cc([N+](=O)[O-])ccc21. The van der Waals surface area contributed by atoms with Crippen molar-refractivity contribution in [2.24, 2.45) is 4.99 Å². The average molecular weight is 464 g/mol. The number of nitro benzene ring substituents is 1. The van der Waals surface area contributed by atoms with Crippen molar-refractivity contribution in [1.29, 1.82) is 0 Å². The molecule has 0 saturated carbocycles. The standard InChI is InChI=1S/C24H21N3O3S2/c1-31-15-14-26-20-13-12-19(27(29)30)16-21(20)32-24(26)25-23(28)22(17-8-4-2-5-9-17)18-10-6-3-7-11-18/h2-13,16,22H,14-15H2,1H3. The van der Waals surface area contributed by atoms with Crippen LogP contribution in [0.4, 0.5) is 5.69 Å². The molecule has 0 bridgehead atoms. The summed E-state index contributed by atoms with van der Waals surface area (Å²) in [7, 11) is 0. The summed E-state index contributed by atoms with van der Waals surface area (Å²) in [6.07, 6.45) is 2.02. The number of aryl methyl sites for hydroxylation is 1. The molecular weight excluding hydrogens is 442 g/mol. The van der Waals surface area contributed by atoms with Crippen LogP contribution in [0.5, 0.6) is 0 Å². The van der Waals surface area contributed by atoms with Crippen LogP contribution in [0, 0.1) is 10.1 Å². The van der Waals surface area contributed by atoms with Gasteiger partial charge in [-0.15, -0.1) is 0 Å². The molecule has 0 atom stereocenters. The van der Waals surface area contributed by atoms with E-state index in [4.69, 9.17) is 0 Å². The van der Waals surface area contributed by atoms with Crippen LogP contribution in [0.3, 0.4) is 0 Å². The molecule has 0 fully saturated rings. The zero-order chi connectivity index (χ0) is 22.5. The summed E-state index contributed by atoms with van der Waals surface area (Å²) in [5.74, 6) is 0.0534. The molecule has 0 spiro atoms. The van der Waals surface area contributed by atoms with Crippen molar-refractivity contribution in [2.45, 2.75) is 12.5 Å². The van der Waals surface area contributed by atoms with Gasteiger partial charge < -0.3 is 4.57 Å². The predicted molar refractivity (Wildman–Crippen MR) is 130 cm³/mol. The predicted octanol–water partition coefficient (Wildman–Crippen LogP) is 5.23. The van der Waals surface area contributed by atoms with Gasteiger partial charge in [0.1, 0.15) is 0 Å². The summed E-state index contributed by atoms with van der Waals surface area (Å²) in [6.45, 7) is 0.659. The largest absolute Gasteiger partial charge is 0.316 e. The number of hydrogen-bond donors (Lipinski definition) is 0. The Bertz CT molecular complexity index is 1280. The van der Waals surface area contributed by atoms with E-state index in [2.05, 4.69) is 4.99 Å². The number of amides is 1. The number of thioether (sulfide) groups is 1. The minimum absolute atomic E-state index is 0.0279. The number of nitrogens with zero attached hydrogens (tertiary/aromatic N) is 3. The number of hydrogen-bond acceptors (Lipinski definition) is 5. The Hall–Kier alpha value is -3.23. The lowest BCUT2D eigenvalue weighted by Crippen LogP contribution is -2.21. The van der Waals surface area contributed by atoms with Crippen LogP contribution in [0.1, 0.15) is 17.0 Å². The number of carbonyl (C=O) groups excluding carboxylic acids is 1. The zero-order valence-electron chi connectivity index (χ0n) is 17.4. The molecule has 162 valence electrons. The molecule has 0 aliphatic carbocycles. The van der Waals surface area contributed by atoms with E-state index in [1.54, 1.807) is 23.9 Å². The molecule has 3 aromatic carbocycles. The molecule has 32 heavy (non-hydrogen) atoms. The van der Waals surface area contributed by atoms with Crippen LogP contribution in [0.2, 0.25) is 0 Å². The van der Waals surface area contributed by atoms with E-state index in [-0.39, 0.29) is 11.6 Å². The third kappa shape index (κ3) is 4.66. The third-order valence-corrected chi connectivity index (χ3v) is 6.75. The Labute approximate surface area is 193 Å². The fourth-order valence-electron chi connectivity index (χ4n) is 3.59. The van der Waals surface area contributed by atoms with Crippen molar-refractivity contribution in [2.75, 3.05) is 12.0 Å². The van der Waals surface area contributed by atoms with Crippen molar-refractivity contribution >= 4 is 44.9 Å². The number of nitro groups is 1. The normalized spacial score (nSPS) is 11.9. The molecule has 4 rings (SSSR count). The summed E-state index contributed by atoms with van der Waals surface area (Å²) in [5.41, 5.74) is 2.62. The van der Waals surface area contributed by atoms with Gasteiger partial charge in [0.2, 0.25) is 0 Å².